The van der Waals surface area contributed by atoms with Gasteiger partial charge in [0.15, 0.2) is 0 Å². The number of benzene rings is 1. The van der Waals surface area contributed by atoms with E-state index in [4.69, 9.17) is 0 Å². The maximum Gasteiger partial charge on any atom is 0.279 e. The number of pyridine rings is 1. The Balaban J connectivity index is 1.60. The molecule has 1 aliphatic rings. The van der Waals surface area contributed by atoms with E-state index in [1.54, 1.807) is 12.1 Å². The number of amides is 2. The SMILES string of the molecule is O=C(NNC(=O)c1cc(C2CC2)nc2ccccc12)c1cccs1. The van der Waals surface area contributed by atoms with Gasteiger partial charge < -0.3 is 0 Å². The standard InChI is InChI=1S/C18H15N3O2S/c22-17(20-21-18(23)16-6-3-9-24-16)13-10-15(11-7-8-11)19-14-5-2-1-4-12(13)14/h1-6,9-11H,7-8H2,(H,20,22)(H,21,23). The van der Waals surface area contributed by atoms with E-state index in [-0.39, 0.29) is 11.8 Å². The second-order valence-corrected chi connectivity index (χ2v) is 6.72. The first-order chi connectivity index (χ1) is 11.7. The normalized spacial score (nSPS) is 13.7. The van der Waals surface area contributed by atoms with Crippen molar-refractivity contribution in [2.75, 3.05) is 0 Å². The molecule has 2 heterocycles. The monoisotopic (exact) mass is 337 g/mol. The van der Waals surface area contributed by atoms with Crippen LogP contribution in [0.25, 0.3) is 10.9 Å². The van der Waals surface area contributed by atoms with E-state index in [9.17, 15) is 9.59 Å². The number of carbonyl (C=O) groups excluding carboxylic acids is 2. The Morgan fingerprint density at radius 3 is 2.58 bits per heavy atom. The van der Waals surface area contributed by atoms with Crippen molar-refractivity contribution in [3.05, 3.63) is 64.0 Å². The van der Waals surface area contributed by atoms with Gasteiger partial charge in [0.2, 0.25) is 0 Å². The van der Waals surface area contributed by atoms with Crippen molar-refractivity contribution in [3.8, 4) is 0 Å². The summed E-state index contributed by atoms with van der Waals surface area (Å²) >= 11 is 1.32. The molecule has 1 saturated carbocycles. The fourth-order valence-corrected chi connectivity index (χ4v) is 3.24. The van der Waals surface area contributed by atoms with Crippen LogP contribution in [0.3, 0.4) is 0 Å². The molecule has 1 aromatic carbocycles. The molecule has 5 nitrogen and oxygen atoms in total. The van der Waals surface area contributed by atoms with Gasteiger partial charge in [-0.25, -0.2) is 0 Å². The molecule has 0 bridgehead atoms. The summed E-state index contributed by atoms with van der Waals surface area (Å²) in [6.45, 7) is 0. The first-order valence-corrected chi connectivity index (χ1v) is 8.64. The number of hydrazine groups is 1. The van der Waals surface area contributed by atoms with Crippen molar-refractivity contribution in [1.29, 1.82) is 0 Å². The molecule has 1 fully saturated rings. The van der Waals surface area contributed by atoms with Crippen LogP contribution < -0.4 is 10.9 Å². The third kappa shape index (κ3) is 2.88. The Hall–Kier alpha value is -2.73. The molecule has 2 N–H and O–H groups in total. The zero-order chi connectivity index (χ0) is 16.5. The van der Waals surface area contributed by atoms with Gasteiger partial charge in [-0.3, -0.25) is 25.4 Å². The molecule has 4 rings (SSSR count). The molecule has 0 unspecified atom stereocenters. The van der Waals surface area contributed by atoms with Crippen molar-refractivity contribution in [3.63, 3.8) is 0 Å². The lowest BCUT2D eigenvalue weighted by Crippen LogP contribution is -2.41. The number of nitrogens with zero attached hydrogens (tertiary/aromatic N) is 1. The van der Waals surface area contributed by atoms with E-state index in [1.165, 1.54) is 11.3 Å². The smallest absolute Gasteiger partial charge is 0.267 e. The third-order valence-corrected chi connectivity index (χ3v) is 4.88. The molecule has 0 saturated heterocycles. The fraction of sp³-hybridized carbons (Fsp3) is 0.167. The topological polar surface area (TPSA) is 71.1 Å². The number of hydrogen-bond acceptors (Lipinski definition) is 4. The van der Waals surface area contributed by atoms with E-state index in [0.717, 1.165) is 29.4 Å². The summed E-state index contributed by atoms with van der Waals surface area (Å²) in [4.78, 5) is 29.7. The van der Waals surface area contributed by atoms with Crippen LogP contribution in [0, 0.1) is 0 Å². The minimum Gasteiger partial charge on any atom is -0.267 e. The molecule has 0 atom stereocenters. The molecule has 2 amide bonds. The molecule has 3 aromatic rings. The first-order valence-electron chi connectivity index (χ1n) is 7.76. The Kier molecular flexibility index (Phi) is 3.74. The molecule has 0 aliphatic heterocycles. The lowest BCUT2D eigenvalue weighted by molar-refractivity contribution is 0.0849. The van der Waals surface area contributed by atoms with Crippen LogP contribution in [0.15, 0.2) is 47.8 Å². The van der Waals surface area contributed by atoms with E-state index < -0.39 is 0 Å². The highest BCUT2D eigenvalue weighted by Crippen LogP contribution is 2.40. The Bertz CT molecular complexity index is 917. The number of carbonyl (C=O) groups is 2. The molecule has 120 valence electrons. The van der Waals surface area contributed by atoms with Gasteiger partial charge in [0, 0.05) is 17.0 Å². The zero-order valence-corrected chi connectivity index (χ0v) is 13.6. The summed E-state index contributed by atoms with van der Waals surface area (Å²) in [5.74, 6) is -0.207. The molecule has 2 aromatic heterocycles. The summed E-state index contributed by atoms with van der Waals surface area (Å²) in [6.07, 6.45) is 2.23. The van der Waals surface area contributed by atoms with Crippen molar-refractivity contribution in [2.45, 2.75) is 18.8 Å². The Labute approximate surface area is 142 Å². The van der Waals surface area contributed by atoms with E-state index >= 15 is 0 Å². The number of fused-ring (bicyclic) bond motifs is 1. The van der Waals surface area contributed by atoms with E-state index in [1.807, 2.05) is 35.7 Å². The van der Waals surface area contributed by atoms with Gasteiger partial charge in [0.25, 0.3) is 11.8 Å². The van der Waals surface area contributed by atoms with Crippen LogP contribution in [0.5, 0.6) is 0 Å². The number of thiophene rings is 1. The molecular weight excluding hydrogens is 322 g/mol. The molecule has 24 heavy (non-hydrogen) atoms. The second kappa shape index (κ2) is 6.05. The van der Waals surface area contributed by atoms with Gasteiger partial charge in [0.05, 0.1) is 16.0 Å². The average Bonchev–Trinajstić information content (AvgIpc) is 3.32. The number of nitrogens with one attached hydrogen (secondary N) is 2. The van der Waals surface area contributed by atoms with Crippen molar-refractivity contribution >= 4 is 34.1 Å². The minimum atomic E-state index is -0.333. The Morgan fingerprint density at radius 2 is 1.83 bits per heavy atom. The maximum absolute atomic E-state index is 12.6. The van der Waals surface area contributed by atoms with Gasteiger partial charge in [-0.1, -0.05) is 24.3 Å². The summed E-state index contributed by atoms with van der Waals surface area (Å²) < 4.78 is 0. The van der Waals surface area contributed by atoms with Crippen molar-refractivity contribution in [2.24, 2.45) is 0 Å². The van der Waals surface area contributed by atoms with Crippen LogP contribution in [-0.2, 0) is 0 Å². The van der Waals surface area contributed by atoms with Crippen LogP contribution in [-0.4, -0.2) is 16.8 Å². The van der Waals surface area contributed by atoms with Crippen molar-refractivity contribution in [1.82, 2.24) is 15.8 Å². The zero-order valence-electron chi connectivity index (χ0n) is 12.8. The summed E-state index contributed by atoms with van der Waals surface area (Å²) in [6, 6.07) is 12.9. The highest BCUT2D eigenvalue weighted by atomic mass is 32.1. The van der Waals surface area contributed by atoms with Crippen LogP contribution in [0.4, 0.5) is 0 Å². The van der Waals surface area contributed by atoms with Crippen LogP contribution >= 0.6 is 11.3 Å². The van der Waals surface area contributed by atoms with E-state index in [0.29, 0.717) is 16.4 Å². The van der Waals surface area contributed by atoms with Crippen molar-refractivity contribution < 1.29 is 9.59 Å². The number of rotatable bonds is 3. The highest BCUT2D eigenvalue weighted by molar-refractivity contribution is 7.12. The second-order valence-electron chi connectivity index (χ2n) is 5.77. The maximum atomic E-state index is 12.6. The summed E-state index contributed by atoms with van der Waals surface area (Å²) in [5, 5.41) is 2.60. The van der Waals surface area contributed by atoms with Crippen LogP contribution in [0.2, 0.25) is 0 Å². The average molecular weight is 337 g/mol. The molecule has 6 heteroatoms. The Morgan fingerprint density at radius 1 is 1.04 bits per heavy atom. The summed E-state index contributed by atoms with van der Waals surface area (Å²) in [7, 11) is 0. The predicted molar refractivity (Wildman–Crippen MR) is 93.0 cm³/mol. The molecular formula is C18H15N3O2S. The number of hydrogen-bond donors (Lipinski definition) is 2. The van der Waals surface area contributed by atoms with Gasteiger partial charge in [-0.05, 0) is 36.4 Å². The van der Waals surface area contributed by atoms with Gasteiger partial charge in [-0.2, -0.15) is 0 Å². The first kappa shape index (κ1) is 14.8. The lowest BCUT2D eigenvalue weighted by atomic mass is 10.1. The quantitative estimate of drug-likeness (QED) is 0.721. The van der Waals surface area contributed by atoms with Gasteiger partial charge >= 0.3 is 0 Å². The predicted octanol–water partition coefficient (Wildman–Crippen LogP) is 3.25. The highest BCUT2D eigenvalue weighted by Gasteiger charge is 2.27. The molecule has 0 radical (unpaired) electrons. The number of aromatic nitrogens is 1. The third-order valence-electron chi connectivity index (χ3n) is 4.01. The minimum absolute atomic E-state index is 0.320. The largest absolute Gasteiger partial charge is 0.279 e. The van der Waals surface area contributed by atoms with Crippen LogP contribution in [0.1, 0.15) is 44.5 Å². The molecule has 0 spiro atoms. The van der Waals surface area contributed by atoms with Gasteiger partial charge in [0.1, 0.15) is 0 Å². The number of para-hydroxylation sites is 1. The lowest BCUT2D eigenvalue weighted by Gasteiger charge is -2.10. The fourth-order valence-electron chi connectivity index (χ4n) is 2.62. The van der Waals surface area contributed by atoms with E-state index in [2.05, 4.69) is 15.8 Å². The summed E-state index contributed by atoms with van der Waals surface area (Å²) in [5.41, 5.74) is 7.26. The molecule has 1 aliphatic carbocycles. The van der Waals surface area contributed by atoms with Gasteiger partial charge in [-0.15, -0.1) is 11.3 Å².